The number of rotatable bonds is 5. The van der Waals surface area contributed by atoms with E-state index >= 15 is 0 Å². The van der Waals surface area contributed by atoms with Gasteiger partial charge in [-0.2, -0.15) is 10.1 Å². The molecular formula is C10H15N5O. The van der Waals surface area contributed by atoms with Crippen molar-refractivity contribution in [2.45, 2.75) is 33.5 Å². The zero-order valence-electron chi connectivity index (χ0n) is 9.47. The predicted octanol–water partition coefficient (Wildman–Crippen LogP) is 0.884. The van der Waals surface area contributed by atoms with Crippen molar-refractivity contribution in [1.82, 2.24) is 25.2 Å². The van der Waals surface area contributed by atoms with E-state index in [1.807, 2.05) is 17.1 Å². The molecule has 2 aromatic heterocycles. The van der Waals surface area contributed by atoms with Gasteiger partial charge in [-0.25, -0.2) is 0 Å². The molecule has 16 heavy (non-hydrogen) atoms. The molecule has 0 aliphatic rings. The van der Waals surface area contributed by atoms with E-state index in [1.165, 1.54) is 0 Å². The first-order valence-electron chi connectivity index (χ1n) is 5.29. The van der Waals surface area contributed by atoms with Crippen molar-refractivity contribution in [3.63, 3.8) is 0 Å². The summed E-state index contributed by atoms with van der Waals surface area (Å²) in [5, 5.41) is 11.2. The zero-order valence-corrected chi connectivity index (χ0v) is 9.47. The van der Waals surface area contributed by atoms with Crippen LogP contribution in [0.3, 0.4) is 0 Å². The van der Waals surface area contributed by atoms with E-state index in [1.54, 1.807) is 6.92 Å². The van der Waals surface area contributed by atoms with Gasteiger partial charge in [0.1, 0.15) is 0 Å². The molecule has 0 atom stereocenters. The molecular weight excluding hydrogens is 206 g/mol. The lowest BCUT2D eigenvalue weighted by Gasteiger charge is -1.97. The quantitative estimate of drug-likeness (QED) is 0.811. The van der Waals surface area contributed by atoms with E-state index in [0.29, 0.717) is 18.3 Å². The SMILES string of the molecule is CCn1cc(CNCc2noc(C)n2)cn1. The molecule has 6 heteroatoms. The molecule has 6 nitrogen and oxygen atoms in total. The van der Waals surface area contributed by atoms with Gasteiger partial charge in [0.05, 0.1) is 12.7 Å². The average Bonchev–Trinajstić information content (AvgIpc) is 2.88. The van der Waals surface area contributed by atoms with Crippen molar-refractivity contribution < 1.29 is 4.52 Å². The second kappa shape index (κ2) is 4.89. The van der Waals surface area contributed by atoms with E-state index in [0.717, 1.165) is 18.7 Å². The van der Waals surface area contributed by atoms with Crippen LogP contribution in [0, 0.1) is 6.92 Å². The third kappa shape index (κ3) is 2.66. The lowest BCUT2D eigenvalue weighted by atomic mass is 10.3. The number of aromatic nitrogens is 4. The maximum absolute atomic E-state index is 4.87. The molecule has 0 bridgehead atoms. The van der Waals surface area contributed by atoms with E-state index in [9.17, 15) is 0 Å². The molecule has 0 amide bonds. The smallest absolute Gasteiger partial charge is 0.223 e. The number of hydrogen-bond donors (Lipinski definition) is 1. The van der Waals surface area contributed by atoms with Crippen molar-refractivity contribution in [3.8, 4) is 0 Å². The number of aryl methyl sites for hydroxylation is 2. The van der Waals surface area contributed by atoms with E-state index in [-0.39, 0.29) is 0 Å². The average molecular weight is 221 g/mol. The van der Waals surface area contributed by atoms with E-state index < -0.39 is 0 Å². The van der Waals surface area contributed by atoms with Crippen LogP contribution in [0.2, 0.25) is 0 Å². The van der Waals surface area contributed by atoms with Crippen molar-refractivity contribution in [3.05, 3.63) is 29.7 Å². The van der Waals surface area contributed by atoms with Crippen LogP contribution in [0.25, 0.3) is 0 Å². The summed E-state index contributed by atoms with van der Waals surface area (Å²) in [4.78, 5) is 4.10. The van der Waals surface area contributed by atoms with Crippen LogP contribution in [0.15, 0.2) is 16.9 Å². The highest BCUT2D eigenvalue weighted by molar-refractivity contribution is 5.03. The second-order valence-corrected chi connectivity index (χ2v) is 3.54. The molecule has 0 unspecified atom stereocenters. The first-order valence-corrected chi connectivity index (χ1v) is 5.29. The van der Waals surface area contributed by atoms with Gasteiger partial charge < -0.3 is 9.84 Å². The second-order valence-electron chi connectivity index (χ2n) is 3.54. The molecule has 0 saturated carbocycles. The van der Waals surface area contributed by atoms with Crippen LogP contribution >= 0.6 is 0 Å². The minimum atomic E-state index is 0.593. The Morgan fingerprint density at radius 1 is 1.44 bits per heavy atom. The molecule has 0 fully saturated rings. The summed E-state index contributed by atoms with van der Waals surface area (Å²) in [6, 6.07) is 0. The Balaban J connectivity index is 1.79. The maximum Gasteiger partial charge on any atom is 0.223 e. The van der Waals surface area contributed by atoms with Crippen LogP contribution in [0.1, 0.15) is 24.2 Å². The van der Waals surface area contributed by atoms with Gasteiger partial charge in [0.15, 0.2) is 5.82 Å². The van der Waals surface area contributed by atoms with Crippen molar-refractivity contribution >= 4 is 0 Å². The topological polar surface area (TPSA) is 68.8 Å². The van der Waals surface area contributed by atoms with Gasteiger partial charge in [0.2, 0.25) is 5.89 Å². The summed E-state index contributed by atoms with van der Waals surface area (Å²) in [6.45, 7) is 6.10. The van der Waals surface area contributed by atoms with Gasteiger partial charge in [-0.15, -0.1) is 0 Å². The van der Waals surface area contributed by atoms with Gasteiger partial charge in [-0.05, 0) is 6.92 Å². The lowest BCUT2D eigenvalue weighted by Crippen LogP contribution is -2.13. The molecule has 2 rings (SSSR count). The van der Waals surface area contributed by atoms with Crippen LogP contribution < -0.4 is 5.32 Å². The standard InChI is InChI=1S/C10H15N5O/c1-3-15-7-9(5-12-15)4-11-6-10-13-8(2)16-14-10/h5,7,11H,3-4,6H2,1-2H3. The Morgan fingerprint density at radius 2 is 2.31 bits per heavy atom. The third-order valence-corrected chi connectivity index (χ3v) is 2.19. The largest absolute Gasteiger partial charge is 0.340 e. The Morgan fingerprint density at radius 3 is 2.94 bits per heavy atom. The fourth-order valence-electron chi connectivity index (χ4n) is 1.40. The fourth-order valence-corrected chi connectivity index (χ4v) is 1.40. The van der Waals surface area contributed by atoms with E-state index in [4.69, 9.17) is 4.52 Å². The lowest BCUT2D eigenvalue weighted by molar-refractivity contribution is 0.385. The molecule has 0 aromatic carbocycles. The van der Waals surface area contributed by atoms with Gasteiger partial charge in [0.25, 0.3) is 0 Å². The van der Waals surface area contributed by atoms with Crippen LogP contribution in [-0.2, 0) is 19.6 Å². The molecule has 0 aliphatic carbocycles. The predicted molar refractivity (Wildman–Crippen MR) is 57.5 cm³/mol. The molecule has 0 spiro atoms. The first kappa shape index (κ1) is 10.8. The first-order chi connectivity index (χ1) is 7.78. The van der Waals surface area contributed by atoms with Crippen molar-refractivity contribution in [2.24, 2.45) is 0 Å². The molecule has 1 N–H and O–H groups in total. The Bertz CT molecular complexity index is 448. The van der Waals surface area contributed by atoms with Gasteiger partial charge in [-0.1, -0.05) is 5.16 Å². The van der Waals surface area contributed by atoms with Crippen LogP contribution in [-0.4, -0.2) is 19.9 Å². The van der Waals surface area contributed by atoms with Gasteiger partial charge in [0, 0.05) is 31.8 Å². The monoisotopic (exact) mass is 221 g/mol. The zero-order chi connectivity index (χ0) is 11.4. The normalized spacial score (nSPS) is 10.9. The molecule has 0 radical (unpaired) electrons. The Hall–Kier alpha value is -1.69. The molecule has 86 valence electrons. The van der Waals surface area contributed by atoms with Gasteiger partial charge in [-0.3, -0.25) is 4.68 Å². The van der Waals surface area contributed by atoms with Crippen LogP contribution in [0.5, 0.6) is 0 Å². The Kier molecular flexibility index (Phi) is 3.31. The summed E-state index contributed by atoms with van der Waals surface area (Å²) in [6.07, 6.45) is 3.88. The minimum Gasteiger partial charge on any atom is -0.340 e. The number of nitrogens with zero attached hydrogens (tertiary/aromatic N) is 4. The molecule has 0 saturated heterocycles. The summed E-state index contributed by atoms with van der Waals surface area (Å²) in [5.41, 5.74) is 1.15. The molecule has 2 aromatic rings. The minimum absolute atomic E-state index is 0.593. The summed E-state index contributed by atoms with van der Waals surface area (Å²) < 4.78 is 6.77. The summed E-state index contributed by atoms with van der Waals surface area (Å²) in [5.74, 6) is 1.27. The van der Waals surface area contributed by atoms with Crippen molar-refractivity contribution in [2.75, 3.05) is 0 Å². The third-order valence-electron chi connectivity index (χ3n) is 2.19. The highest BCUT2D eigenvalue weighted by atomic mass is 16.5. The molecule has 0 aliphatic heterocycles. The van der Waals surface area contributed by atoms with Crippen LogP contribution in [0.4, 0.5) is 0 Å². The highest BCUT2D eigenvalue weighted by Crippen LogP contribution is 1.98. The number of nitrogens with one attached hydrogen (secondary N) is 1. The fraction of sp³-hybridized carbons (Fsp3) is 0.500. The van der Waals surface area contributed by atoms with E-state index in [2.05, 4.69) is 27.5 Å². The van der Waals surface area contributed by atoms with Gasteiger partial charge >= 0.3 is 0 Å². The Labute approximate surface area is 93.7 Å². The number of hydrogen-bond acceptors (Lipinski definition) is 5. The van der Waals surface area contributed by atoms with Crippen molar-refractivity contribution in [1.29, 1.82) is 0 Å². The summed E-state index contributed by atoms with van der Waals surface area (Å²) in [7, 11) is 0. The maximum atomic E-state index is 4.87. The summed E-state index contributed by atoms with van der Waals surface area (Å²) >= 11 is 0. The molecule has 2 heterocycles. The highest BCUT2D eigenvalue weighted by Gasteiger charge is 2.02.